The zero-order chi connectivity index (χ0) is 35.0. The van der Waals surface area contributed by atoms with Gasteiger partial charge < -0.3 is 24.3 Å². The van der Waals surface area contributed by atoms with Crippen LogP contribution in [0.1, 0.15) is 47.3 Å². The van der Waals surface area contributed by atoms with Crippen LogP contribution < -0.4 is 15.6 Å². The van der Waals surface area contributed by atoms with Crippen LogP contribution in [0.2, 0.25) is 0 Å². The standard InChI is InChI=1S/C38H40F3N5O4/c1-26(29-22-32(39)36(41)33(40)23-29)46-14-4-7-30(38(46)48)37(47)43-11-2-5-27-8-9-34-31(21-27)35(10-12-42-34)50-25-28-6-3-13-45(24-28)16-15-44-17-19-49-20-18-44/h4,7-10,12,14,21-23,26,28H,3,6,11,13,15-20,24-25H2,1H3,(H,43,47)/t26-,28+/m0/s1. The summed E-state index contributed by atoms with van der Waals surface area (Å²) in [5.74, 6) is 2.20. The van der Waals surface area contributed by atoms with E-state index in [-0.39, 0.29) is 17.7 Å². The van der Waals surface area contributed by atoms with Crippen LogP contribution in [-0.2, 0) is 4.74 Å². The van der Waals surface area contributed by atoms with Crippen molar-refractivity contribution in [2.75, 3.05) is 65.6 Å². The van der Waals surface area contributed by atoms with Gasteiger partial charge in [0.1, 0.15) is 11.3 Å². The predicted molar refractivity (Wildman–Crippen MR) is 184 cm³/mol. The summed E-state index contributed by atoms with van der Waals surface area (Å²) < 4.78 is 54.0. The number of aromatic nitrogens is 2. The molecule has 0 aliphatic carbocycles. The van der Waals surface area contributed by atoms with Gasteiger partial charge in [0.05, 0.1) is 37.9 Å². The van der Waals surface area contributed by atoms with Crippen LogP contribution in [0.25, 0.3) is 10.9 Å². The minimum atomic E-state index is -1.59. The van der Waals surface area contributed by atoms with E-state index < -0.39 is 35.0 Å². The van der Waals surface area contributed by atoms with E-state index in [0.717, 1.165) is 98.7 Å². The number of carbonyl (C=O) groups is 1. The van der Waals surface area contributed by atoms with E-state index in [4.69, 9.17) is 9.47 Å². The van der Waals surface area contributed by atoms with Crippen LogP contribution in [0.5, 0.6) is 5.75 Å². The average molecular weight is 688 g/mol. The number of nitrogens with zero attached hydrogens (tertiary/aromatic N) is 4. The minimum absolute atomic E-state index is 0.0325. The summed E-state index contributed by atoms with van der Waals surface area (Å²) in [6, 6.07) is 11.1. The molecule has 12 heteroatoms. The summed E-state index contributed by atoms with van der Waals surface area (Å²) in [7, 11) is 0. The lowest BCUT2D eigenvalue weighted by Crippen LogP contribution is -2.44. The smallest absolute Gasteiger partial charge is 0.263 e. The van der Waals surface area contributed by atoms with E-state index >= 15 is 0 Å². The van der Waals surface area contributed by atoms with Crippen LogP contribution in [0.15, 0.2) is 65.7 Å². The molecule has 0 saturated carbocycles. The number of ether oxygens (including phenoxy) is 2. The van der Waals surface area contributed by atoms with Gasteiger partial charge in [-0.2, -0.15) is 0 Å². The van der Waals surface area contributed by atoms with E-state index in [9.17, 15) is 22.8 Å². The average Bonchev–Trinajstić information content (AvgIpc) is 3.14. The maximum Gasteiger partial charge on any atom is 0.263 e. The number of hydrogen-bond donors (Lipinski definition) is 1. The highest BCUT2D eigenvalue weighted by Crippen LogP contribution is 2.27. The topological polar surface area (TPSA) is 88.9 Å². The monoisotopic (exact) mass is 687 g/mol. The van der Waals surface area contributed by atoms with Crippen molar-refractivity contribution in [3.05, 3.63) is 105 Å². The highest BCUT2D eigenvalue weighted by atomic mass is 19.2. The normalized spacial score (nSPS) is 17.6. The second-order valence-electron chi connectivity index (χ2n) is 12.7. The van der Waals surface area contributed by atoms with E-state index in [1.165, 1.54) is 25.3 Å². The Kier molecular flexibility index (Phi) is 11.5. The molecule has 9 nitrogen and oxygen atoms in total. The van der Waals surface area contributed by atoms with Crippen LogP contribution in [0.4, 0.5) is 13.2 Å². The van der Waals surface area contributed by atoms with Gasteiger partial charge in [0.15, 0.2) is 17.5 Å². The Morgan fingerprint density at radius 2 is 1.84 bits per heavy atom. The van der Waals surface area contributed by atoms with Crippen molar-refractivity contribution in [3.63, 3.8) is 0 Å². The quantitative estimate of drug-likeness (QED) is 0.192. The van der Waals surface area contributed by atoms with Gasteiger partial charge in [0.25, 0.3) is 11.5 Å². The second kappa shape index (κ2) is 16.3. The van der Waals surface area contributed by atoms with E-state index in [1.807, 2.05) is 24.3 Å². The van der Waals surface area contributed by atoms with Crippen molar-refractivity contribution in [1.29, 1.82) is 0 Å². The van der Waals surface area contributed by atoms with Crippen molar-refractivity contribution in [3.8, 4) is 17.6 Å². The molecule has 0 radical (unpaired) electrons. The number of fused-ring (bicyclic) bond motifs is 1. The first-order valence-electron chi connectivity index (χ1n) is 16.9. The molecule has 2 fully saturated rings. The lowest BCUT2D eigenvalue weighted by atomic mass is 9.99. The molecule has 2 saturated heterocycles. The SMILES string of the molecule is C[C@@H](c1cc(F)c(F)c(F)c1)n1cccc(C(=O)NCC#Cc2ccc3nccc(OC[C@@H]4CCCN(CCN5CCOCC5)C4)c3c2)c1=O. The number of rotatable bonds is 10. The maximum atomic E-state index is 13.8. The van der Waals surface area contributed by atoms with Gasteiger partial charge >= 0.3 is 0 Å². The lowest BCUT2D eigenvalue weighted by molar-refractivity contribution is 0.0297. The Morgan fingerprint density at radius 1 is 1.06 bits per heavy atom. The van der Waals surface area contributed by atoms with Gasteiger partial charge in [0, 0.05) is 62.0 Å². The van der Waals surface area contributed by atoms with Crippen molar-refractivity contribution in [2.24, 2.45) is 5.92 Å². The summed E-state index contributed by atoms with van der Waals surface area (Å²) >= 11 is 0. The zero-order valence-corrected chi connectivity index (χ0v) is 28.0. The third kappa shape index (κ3) is 8.53. The van der Waals surface area contributed by atoms with Crippen molar-refractivity contribution >= 4 is 16.8 Å². The molecule has 2 aliphatic rings. The van der Waals surface area contributed by atoms with Crippen LogP contribution in [-0.4, -0.2) is 90.9 Å². The molecule has 1 N–H and O–H groups in total. The zero-order valence-electron chi connectivity index (χ0n) is 28.0. The summed E-state index contributed by atoms with van der Waals surface area (Å²) in [6.07, 6.45) is 5.42. The number of morpholine rings is 1. The second-order valence-corrected chi connectivity index (χ2v) is 12.7. The molecule has 2 atom stereocenters. The van der Waals surface area contributed by atoms with Crippen LogP contribution in [0, 0.1) is 35.2 Å². The number of benzene rings is 2. The highest BCUT2D eigenvalue weighted by Gasteiger charge is 2.22. The summed E-state index contributed by atoms with van der Waals surface area (Å²) in [5.41, 5.74) is 0.714. The molecule has 6 rings (SSSR count). The summed E-state index contributed by atoms with van der Waals surface area (Å²) in [5, 5.41) is 3.48. The molecule has 4 aromatic rings. The number of halogens is 3. The van der Waals surface area contributed by atoms with Gasteiger partial charge in [-0.1, -0.05) is 11.8 Å². The molecule has 1 amide bonds. The highest BCUT2D eigenvalue weighted by molar-refractivity contribution is 5.94. The van der Waals surface area contributed by atoms with Crippen molar-refractivity contribution in [1.82, 2.24) is 24.7 Å². The molecule has 2 aliphatic heterocycles. The van der Waals surface area contributed by atoms with Gasteiger partial charge in [-0.25, -0.2) is 13.2 Å². The number of pyridine rings is 2. The molecule has 0 spiro atoms. The number of amides is 1. The van der Waals surface area contributed by atoms with Gasteiger partial charge in [-0.15, -0.1) is 0 Å². The summed E-state index contributed by atoms with van der Waals surface area (Å²) in [4.78, 5) is 35.5. The number of nitrogens with one attached hydrogen (secondary N) is 1. The molecule has 0 bridgehead atoms. The van der Waals surface area contributed by atoms with Crippen molar-refractivity contribution < 1.29 is 27.4 Å². The molecule has 262 valence electrons. The van der Waals surface area contributed by atoms with Gasteiger partial charge in [0.2, 0.25) is 0 Å². The molecule has 2 aromatic carbocycles. The Hall–Kier alpha value is -4.70. The number of piperidine rings is 1. The Morgan fingerprint density at radius 3 is 2.64 bits per heavy atom. The number of carbonyl (C=O) groups excluding carboxylic acids is 1. The largest absolute Gasteiger partial charge is 0.492 e. The molecule has 2 aromatic heterocycles. The third-order valence-corrected chi connectivity index (χ3v) is 9.31. The van der Waals surface area contributed by atoms with E-state index in [2.05, 4.69) is 31.9 Å². The van der Waals surface area contributed by atoms with Crippen LogP contribution in [0.3, 0.4) is 0 Å². The fourth-order valence-electron chi connectivity index (χ4n) is 6.46. The molecule has 50 heavy (non-hydrogen) atoms. The Labute approximate surface area is 289 Å². The van der Waals surface area contributed by atoms with E-state index in [0.29, 0.717) is 18.1 Å². The molecular weight excluding hydrogens is 647 g/mol. The Bertz CT molecular complexity index is 1930. The molecular formula is C38H40F3N5O4. The fourth-order valence-corrected chi connectivity index (χ4v) is 6.46. The minimum Gasteiger partial charge on any atom is -0.492 e. The van der Waals surface area contributed by atoms with Crippen molar-refractivity contribution in [2.45, 2.75) is 25.8 Å². The Balaban J connectivity index is 1.05. The lowest BCUT2D eigenvalue weighted by Gasteiger charge is -2.35. The maximum absolute atomic E-state index is 13.8. The first-order chi connectivity index (χ1) is 24.3. The first kappa shape index (κ1) is 35.1. The number of hydrogen-bond acceptors (Lipinski definition) is 7. The van der Waals surface area contributed by atoms with Gasteiger partial charge in [-0.3, -0.25) is 19.5 Å². The van der Waals surface area contributed by atoms with Crippen LogP contribution >= 0.6 is 0 Å². The fraction of sp³-hybridized carbons (Fsp3) is 0.395. The summed E-state index contributed by atoms with van der Waals surface area (Å²) in [6.45, 7) is 10.00. The molecule has 4 heterocycles. The van der Waals surface area contributed by atoms with Gasteiger partial charge in [-0.05, 0) is 80.4 Å². The third-order valence-electron chi connectivity index (χ3n) is 9.31. The predicted octanol–water partition coefficient (Wildman–Crippen LogP) is 4.63. The number of likely N-dealkylation sites (tertiary alicyclic amines) is 1. The molecule has 0 unspecified atom stereocenters. The first-order valence-corrected chi connectivity index (χ1v) is 16.9. The van der Waals surface area contributed by atoms with E-state index in [1.54, 1.807) is 6.20 Å².